The van der Waals surface area contributed by atoms with Crippen molar-refractivity contribution < 1.29 is 9.59 Å². The predicted octanol–water partition coefficient (Wildman–Crippen LogP) is 2.78. The molecule has 1 fully saturated rings. The quantitative estimate of drug-likeness (QED) is 0.546. The van der Waals surface area contributed by atoms with Gasteiger partial charge < -0.3 is 15.2 Å². The van der Waals surface area contributed by atoms with E-state index in [-0.39, 0.29) is 23.8 Å². The van der Waals surface area contributed by atoms with Gasteiger partial charge in [0.2, 0.25) is 11.8 Å². The second kappa shape index (κ2) is 10.4. The molecule has 0 radical (unpaired) electrons. The van der Waals surface area contributed by atoms with Gasteiger partial charge in [-0.05, 0) is 43.7 Å². The first-order valence-corrected chi connectivity index (χ1v) is 9.98. The molecule has 0 spiro atoms. The second-order valence-electron chi connectivity index (χ2n) is 7.25. The number of benzene rings is 1. The van der Waals surface area contributed by atoms with Gasteiger partial charge in [-0.15, -0.1) is 0 Å². The van der Waals surface area contributed by atoms with Crippen LogP contribution in [0.25, 0.3) is 6.08 Å². The van der Waals surface area contributed by atoms with Crippen molar-refractivity contribution in [2.24, 2.45) is 5.92 Å². The van der Waals surface area contributed by atoms with Gasteiger partial charge in [0.05, 0.1) is 6.33 Å². The van der Waals surface area contributed by atoms with Crippen molar-refractivity contribution in [3.05, 3.63) is 60.7 Å². The van der Waals surface area contributed by atoms with E-state index < -0.39 is 0 Å². The molecular weight excluding hydrogens is 352 g/mol. The van der Waals surface area contributed by atoms with E-state index in [0.29, 0.717) is 6.54 Å². The lowest BCUT2D eigenvalue weighted by Gasteiger charge is -2.28. The van der Waals surface area contributed by atoms with Crippen LogP contribution >= 0.6 is 0 Å². The molecule has 2 amide bonds. The number of aromatic nitrogens is 2. The van der Waals surface area contributed by atoms with Crippen LogP contribution in [0, 0.1) is 5.92 Å². The molecule has 1 heterocycles. The minimum atomic E-state index is -0.0729. The van der Waals surface area contributed by atoms with Gasteiger partial charge in [-0.25, -0.2) is 4.98 Å². The molecule has 0 unspecified atom stereocenters. The summed E-state index contributed by atoms with van der Waals surface area (Å²) in [5.74, 6) is 0.122. The number of rotatable bonds is 8. The first kappa shape index (κ1) is 19.9. The first-order chi connectivity index (χ1) is 13.7. The van der Waals surface area contributed by atoms with Crippen molar-refractivity contribution >= 4 is 17.9 Å². The number of carbonyl (C=O) groups is 2. The third-order valence-electron chi connectivity index (χ3n) is 5.12. The summed E-state index contributed by atoms with van der Waals surface area (Å²) >= 11 is 0. The van der Waals surface area contributed by atoms with Crippen molar-refractivity contribution in [2.45, 2.75) is 44.7 Å². The number of hydrogen-bond acceptors (Lipinski definition) is 3. The van der Waals surface area contributed by atoms with Crippen LogP contribution in [-0.4, -0.2) is 34.0 Å². The van der Waals surface area contributed by atoms with Gasteiger partial charge in [0.25, 0.3) is 0 Å². The van der Waals surface area contributed by atoms with Gasteiger partial charge in [0, 0.05) is 43.5 Å². The maximum atomic E-state index is 12.3. The van der Waals surface area contributed by atoms with Crippen LogP contribution in [0.3, 0.4) is 0 Å². The summed E-state index contributed by atoms with van der Waals surface area (Å²) in [5.41, 5.74) is 1.01. The van der Waals surface area contributed by atoms with Crippen molar-refractivity contribution in [3.8, 4) is 0 Å². The van der Waals surface area contributed by atoms with Gasteiger partial charge in [-0.2, -0.15) is 0 Å². The number of carbonyl (C=O) groups excluding carboxylic acids is 2. The topological polar surface area (TPSA) is 76.0 Å². The molecule has 0 aliphatic heterocycles. The molecule has 2 aromatic rings. The normalized spacial score (nSPS) is 19.4. The Kier molecular flexibility index (Phi) is 7.41. The van der Waals surface area contributed by atoms with Gasteiger partial charge >= 0.3 is 0 Å². The average Bonchev–Trinajstić information content (AvgIpc) is 3.24. The largest absolute Gasteiger partial charge is 0.356 e. The Bertz CT molecular complexity index is 763. The van der Waals surface area contributed by atoms with Gasteiger partial charge in [0.1, 0.15) is 0 Å². The molecule has 148 valence electrons. The van der Waals surface area contributed by atoms with Crippen molar-refractivity contribution in [1.82, 2.24) is 20.2 Å². The zero-order valence-electron chi connectivity index (χ0n) is 16.1. The molecule has 1 saturated carbocycles. The van der Waals surface area contributed by atoms with E-state index in [1.165, 1.54) is 0 Å². The molecule has 1 aliphatic carbocycles. The summed E-state index contributed by atoms with van der Waals surface area (Å²) in [6.45, 7) is 1.54. The lowest BCUT2D eigenvalue weighted by Crippen LogP contribution is -2.40. The summed E-state index contributed by atoms with van der Waals surface area (Å²) in [4.78, 5) is 28.4. The Morgan fingerprint density at radius 3 is 2.64 bits per heavy atom. The number of hydrogen-bond donors (Lipinski definition) is 2. The number of nitrogens with zero attached hydrogens (tertiary/aromatic N) is 2. The molecule has 6 nitrogen and oxygen atoms in total. The minimum absolute atomic E-state index is 0.0567. The van der Waals surface area contributed by atoms with Crippen LogP contribution in [0.1, 0.15) is 37.7 Å². The maximum absolute atomic E-state index is 12.3. The monoisotopic (exact) mass is 380 g/mol. The van der Waals surface area contributed by atoms with Gasteiger partial charge in [-0.3, -0.25) is 9.59 Å². The lowest BCUT2D eigenvalue weighted by molar-refractivity contribution is -0.126. The molecule has 0 bridgehead atoms. The van der Waals surface area contributed by atoms with E-state index in [0.717, 1.165) is 44.2 Å². The highest BCUT2D eigenvalue weighted by Gasteiger charge is 2.26. The van der Waals surface area contributed by atoms with E-state index in [1.807, 2.05) is 47.2 Å². The average molecular weight is 380 g/mol. The third-order valence-corrected chi connectivity index (χ3v) is 5.12. The van der Waals surface area contributed by atoms with E-state index in [2.05, 4.69) is 15.6 Å². The molecule has 0 saturated heterocycles. The standard InChI is InChI=1S/C22H28N4O2/c27-21(12-7-18-5-2-1-3-6-18)25-20-10-8-19(9-11-20)22(28)24-13-4-15-26-16-14-23-17-26/h1-3,5-7,12,14,16-17,19-20H,4,8-11,13,15H2,(H,24,28)(H,25,27)/b12-7+. The number of amides is 2. The summed E-state index contributed by atoms with van der Waals surface area (Å²) in [6.07, 6.45) is 13.1. The summed E-state index contributed by atoms with van der Waals surface area (Å²) in [6, 6.07) is 9.92. The van der Waals surface area contributed by atoms with E-state index >= 15 is 0 Å². The molecule has 28 heavy (non-hydrogen) atoms. The molecule has 2 N–H and O–H groups in total. The van der Waals surface area contributed by atoms with Crippen molar-refractivity contribution in [3.63, 3.8) is 0 Å². The van der Waals surface area contributed by atoms with E-state index in [1.54, 1.807) is 18.6 Å². The summed E-state index contributed by atoms with van der Waals surface area (Å²) in [5, 5.41) is 6.09. The summed E-state index contributed by atoms with van der Waals surface area (Å²) in [7, 11) is 0. The molecule has 1 aliphatic rings. The highest BCUT2D eigenvalue weighted by atomic mass is 16.2. The minimum Gasteiger partial charge on any atom is -0.356 e. The Hall–Kier alpha value is -2.89. The van der Waals surface area contributed by atoms with Crippen molar-refractivity contribution in [2.75, 3.05) is 6.54 Å². The maximum Gasteiger partial charge on any atom is 0.244 e. The lowest BCUT2D eigenvalue weighted by atomic mass is 9.85. The first-order valence-electron chi connectivity index (χ1n) is 9.98. The fraction of sp³-hybridized carbons (Fsp3) is 0.409. The third kappa shape index (κ3) is 6.37. The summed E-state index contributed by atoms with van der Waals surface area (Å²) < 4.78 is 2.01. The predicted molar refractivity (Wildman–Crippen MR) is 109 cm³/mol. The van der Waals surface area contributed by atoms with Crippen LogP contribution < -0.4 is 10.6 Å². The second-order valence-corrected chi connectivity index (χ2v) is 7.25. The highest BCUT2D eigenvalue weighted by molar-refractivity contribution is 5.91. The van der Waals surface area contributed by atoms with Crippen LogP contribution in [0.2, 0.25) is 0 Å². The van der Waals surface area contributed by atoms with Gasteiger partial charge in [0.15, 0.2) is 0 Å². The molecular formula is C22H28N4O2. The Morgan fingerprint density at radius 2 is 1.93 bits per heavy atom. The Balaban J connectivity index is 1.31. The molecule has 3 rings (SSSR count). The molecule has 1 aromatic carbocycles. The number of nitrogens with one attached hydrogen (secondary N) is 2. The zero-order chi connectivity index (χ0) is 19.6. The van der Waals surface area contributed by atoms with Crippen LogP contribution in [0.4, 0.5) is 0 Å². The van der Waals surface area contributed by atoms with Crippen LogP contribution in [0.15, 0.2) is 55.1 Å². The Labute approximate surface area is 166 Å². The smallest absolute Gasteiger partial charge is 0.244 e. The Morgan fingerprint density at radius 1 is 1.14 bits per heavy atom. The van der Waals surface area contributed by atoms with Crippen LogP contribution in [0.5, 0.6) is 0 Å². The van der Waals surface area contributed by atoms with E-state index in [4.69, 9.17) is 0 Å². The molecule has 0 atom stereocenters. The molecule has 6 heteroatoms. The van der Waals surface area contributed by atoms with Gasteiger partial charge in [-0.1, -0.05) is 30.3 Å². The molecule has 1 aromatic heterocycles. The number of imidazole rings is 1. The van der Waals surface area contributed by atoms with Crippen LogP contribution in [-0.2, 0) is 16.1 Å². The van der Waals surface area contributed by atoms with E-state index in [9.17, 15) is 9.59 Å². The fourth-order valence-electron chi connectivity index (χ4n) is 3.52. The SMILES string of the molecule is O=C(/C=C/c1ccccc1)NC1CCC(C(=O)NCCCn2ccnc2)CC1. The van der Waals surface area contributed by atoms with Crippen molar-refractivity contribution in [1.29, 1.82) is 0 Å². The zero-order valence-corrected chi connectivity index (χ0v) is 16.1. The fourth-order valence-corrected chi connectivity index (χ4v) is 3.52. The highest BCUT2D eigenvalue weighted by Crippen LogP contribution is 2.24. The number of aryl methyl sites for hydroxylation is 1.